The van der Waals surface area contributed by atoms with Gasteiger partial charge in [0.25, 0.3) is 0 Å². The highest BCUT2D eigenvalue weighted by atomic mass is 16.3. The van der Waals surface area contributed by atoms with Crippen LogP contribution in [0.1, 0.15) is 0 Å². The SMILES string of the molecule is O=CN1CCN(c2cccc(O)c2)C=N1. The molecule has 1 N–H and O–H groups in total. The van der Waals surface area contributed by atoms with Gasteiger partial charge in [-0.05, 0) is 12.1 Å². The topological polar surface area (TPSA) is 56.1 Å². The summed E-state index contributed by atoms with van der Waals surface area (Å²) in [6, 6.07) is 6.91. The number of nitrogens with zero attached hydrogens (tertiary/aromatic N) is 3. The molecule has 5 nitrogen and oxygen atoms in total. The Morgan fingerprint density at radius 2 is 2.27 bits per heavy atom. The second kappa shape index (κ2) is 4.00. The summed E-state index contributed by atoms with van der Waals surface area (Å²) in [6.07, 6.45) is 2.27. The second-order valence-electron chi connectivity index (χ2n) is 3.21. The lowest BCUT2D eigenvalue weighted by atomic mass is 10.3. The molecule has 15 heavy (non-hydrogen) atoms. The summed E-state index contributed by atoms with van der Waals surface area (Å²) in [6.45, 7) is 1.22. The Bertz CT molecular complexity index is 392. The molecule has 5 heteroatoms. The van der Waals surface area contributed by atoms with Gasteiger partial charge in [0, 0.05) is 18.3 Å². The number of hydrogen-bond acceptors (Lipinski definition) is 4. The number of carbonyl (C=O) groups is 1. The third kappa shape index (κ3) is 2.07. The lowest BCUT2D eigenvalue weighted by Crippen LogP contribution is -2.37. The summed E-state index contributed by atoms with van der Waals surface area (Å²) in [5, 5.41) is 14.6. The highest BCUT2D eigenvalue weighted by molar-refractivity contribution is 5.80. The van der Waals surface area contributed by atoms with E-state index in [-0.39, 0.29) is 5.75 Å². The summed E-state index contributed by atoms with van der Waals surface area (Å²) in [7, 11) is 0. The molecule has 1 aliphatic heterocycles. The molecule has 0 atom stereocenters. The van der Waals surface area contributed by atoms with E-state index in [2.05, 4.69) is 5.10 Å². The molecular formula is C10H11N3O2. The first-order valence-electron chi connectivity index (χ1n) is 4.61. The Morgan fingerprint density at radius 3 is 2.87 bits per heavy atom. The maximum atomic E-state index is 10.4. The Kier molecular flexibility index (Phi) is 2.53. The van der Waals surface area contributed by atoms with E-state index >= 15 is 0 Å². The van der Waals surface area contributed by atoms with Gasteiger partial charge >= 0.3 is 0 Å². The van der Waals surface area contributed by atoms with Crippen LogP contribution in [-0.4, -0.2) is 36.0 Å². The average molecular weight is 205 g/mol. The molecular weight excluding hydrogens is 194 g/mol. The van der Waals surface area contributed by atoms with Gasteiger partial charge in [0.1, 0.15) is 12.1 Å². The standard InChI is InChI=1S/C10H11N3O2/c14-8-13-5-4-12(7-11-13)9-2-1-3-10(15)6-9/h1-3,6-8,15H,4-5H2. The van der Waals surface area contributed by atoms with Crippen molar-refractivity contribution in [2.45, 2.75) is 0 Å². The van der Waals surface area contributed by atoms with Crippen LogP contribution in [-0.2, 0) is 4.79 Å². The minimum absolute atomic E-state index is 0.221. The van der Waals surface area contributed by atoms with Gasteiger partial charge in [-0.15, -0.1) is 0 Å². The lowest BCUT2D eigenvalue weighted by molar-refractivity contribution is -0.118. The number of rotatable bonds is 2. The van der Waals surface area contributed by atoms with Gasteiger partial charge < -0.3 is 10.0 Å². The van der Waals surface area contributed by atoms with Crippen molar-refractivity contribution in [2.24, 2.45) is 5.10 Å². The Balaban J connectivity index is 2.16. The number of anilines is 1. The summed E-state index contributed by atoms with van der Waals surface area (Å²) >= 11 is 0. The zero-order valence-corrected chi connectivity index (χ0v) is 8.08. The number of phenolic OH excluding ortho intramolecular Hbond substituents is 1. The number of phenols is 1. The van der Waals surface area contributed by atoms with Gasteiger partial charge in [0.15, 0.2) is 0 Å². The molecule has 1 aromatic carbocycles. The third-order valence-electron chi connectivity index (χ3n) is 2.19. The van der Waals surface area contributed by atoms with Crippen molar-refractivity contribution in [1.82, 2.24) is 5.01 Å². The normalized spacial score (nSPS) is 15.5. The van der Waals surface area contributed by atoms with E-state index in [0.29, 0.717) is 19.5 Å². The fraction of sp³-hybridized carbons (Fsp3) is 0.200. The molecule has 0 fully saturated rings. The van der Waals surface area contributed by atoms with Crippen LogP contribution in [0.5, 0.6) is 5.75 Å². The van der Waals surface area contributed by atoms with Gasteiger partial charge in [0.2, 0.25) is 6.41 Å². The van der Waals surface area contributed by atoms with Crippen LogP contribution < -0.4 is 4.90 Å². The third-order valence-corrected chi connectivity index (χ3v) is 2.19. The number of hydrazone groups is 1. The molecule has 1 aromatic rings. The minimum atomic E-state index is 0.221. The van der Waals surface area contributed by atoms with Crippen LogP contribution in [0.3, 0.4) is 0 Å². The molecule has 78 valence electrons. The smallest absolute Gasteiger partial charge is 0.229 e. The molecule has 0 saturated carbocycles. The van der Waals surface area contributed by atoms with Crippen molar-refractivity contribution in [3.63, 3.8) is 0 Å². The molecule has 0 unspecified atom stereocenters. The largest absolute Gasteiger partial charge is 0.508 e. The number of hydrogen-bond donors (Lipinski definition) is 1. The molecule has 1 heterocycles. The molecule has 0 bridgehead atoms. The Hall–Kier alpha value is -2.04. The van der Waals surface area contributed by atoms with Crippen molar-refractivity contribution in [1.29, 1.82) is 0 Å². The first-order valence-corrected chi connectivity index (χ1v) is 4.61. The zero-order valence-electron chi connectivity index (χ0n) is 8.08. The van der Waals surface area contributed by atoms with E-state index in [9.17, 15) is 9.90 Å². The average Bonchev–Trinajstić information content (AvgIpc) is 2.29. The highest BCUT2D eigenvalue weighted by Crippen LogP contribution is 2.19. The second-order valence-corrected chi connectivity index (χ2v) is 3.21. The summed E-state index contributed by atoms with van der Waals surface area (Å²) in [4.78, 5) is 12.3. The quantitative estimate of drug-likeness (QED) is 0.720. The molecule has 0 aromatic heterocycles. The van der Waals surface area contributed by atoms with Crippen LogP contribution >= 0.6 is 0 Å². The monoisotopic (exact) mass is 205 g/mol. The van der Waals surface area contributed by atoms with Gasteiger partial charge in [-0.1, -0.05) is 6.07 Å². The van der Waals surface area contributed by atoms with Crippen molar-refractivity contribution < 1.29 is 9.90 Å². The maximum absolute atomic E-state index is 10.4. The van der Waals surface area contributed by atoms with E-state index in [1.807, 2.05) is 11.0 Å². The number of aromatic hydroxyl groups is 1. The van der Waals surface area contributed by atoms with Crippen molar-refractivity contribution in [3.05, 3.63) is 24.3 Å². The Morgan fingerprint density at radius 1 is 1.40 bits per heavy atom. The number of benzene rings is 1. The number of amides is 1. The highest BCUT2D eigenvalue weighted by Gasteiger charge is 2.11. The molecule has 0 aliphatic carbocycles. The molecule has 2 rings (SSSR count). The van der Waals surface area contributed by atoms with Crippen molar-refractivity contribution in [2.75, 3.05) is 18.0 Å². The molecule has 1 amide bonds. The van der Waals surface area contributed by atoms with Gasteiger partial charge in [0.05, 0.1) is 6.54 Å². The van der Waals surface area contributed by atoms with Crippen LogP contribution in [0, 0.1) is 0 Å². The first kappa shape index (κ1) is 9.51. The summed E-state index contributed by atoms with van der Waals surface area (Å²) < 4.78 is 0. The molecule has 1 aliphatic rings. The fourth-order valence-electron chi connectivity index (χ4n) is 1.40. The molecule has 0 spiro atoms. The predicted octanol–water partition coefficient (Wildman–Crippen LogP) is 0.614. The molecule has 0 radical (unpaired) electrons. The van der Waals surface area contributed by atoms with Crippen molar-refractivity contribution in [3.8, 4) is 5.75 Å². The van der Waals surface area contributed by atoms with Gasteiger partial charge in [-0.3, -0.25) is 4.79 Å². The fourth-order valence-corrected chi connectivity index (χ4v) is 1.40. The number of carbonyl (C=O) groups excluding carboxylic acids is 1. The first-order chi connectivity index (χ1) is 7.29. The zero-order chi connectivity index (χ0) is 10.7. The predicted molar refractivity (Wildman–Crippen MR) is 56.7 cm³/mol. The van der Waals surface area contributed by atoms with Crippen molar-refractivity contribution >= 4 is 18.4 Å². The lowest BCUT2D eigenvalue weighted by Gasteiger charge is -2.26. The molecule has 0 saturated heterocycles. The van der Waals surface area contributed by atoms with Crippen LogP contribution in [0.4, 0.5) is 5.69 Å². The summed E-state index contributed by atoms with van der Waals surface area (Å²) in [5.41, 5.74) is 0.865. The van der Waals surface area contributed by atoms with Gasteiger partial charge in [-0.25, -0.2) is 5.01 Å². The maximum Gasteiger partial charge on any atom is 0.229 e. The van der Waals surface area contributed by atoms with E-state index in [0.717, 1.165) is 5.69 Å². The van der Waals surface area contributed by atoms with Crippen LogP contribution in [0.25, 0.3) is 0 Å². The minimum Gasteiger partial charge on any atom is -0.508 e. The van der Waals surface area contributed by atoms with Gasteiger partial charge in [-0.2, -0.15) is 5.10 Å². The van der Waals surface area contributed by atoms with Crippen LogP contribution in [0.2, 0.25) is 0 Å². The van der Waals surface area contributed by atoms with E-state index < -0.39 is 0 Å². The van der Waals surface area contributed by atoms with E-state index in [4.69, 9.17) is 0 Å². The Labute approximate surface area is 87.2 Å². The van der Waals surface area contributed by atoms with E-state index in [1.165, 1.54) is 5.01 Å². The van der Waals surface area contributed by atoms with Crippen LogP contribution in [0.15, 0.2) is 29.4 Å². The summed E-state index contributed by atoms with van der Waals surface area (Å²) in [5.74, 6) is 0.221. The van der Waals surface area contributed by atoms with E-state index in [1.54, 1.807) is 24.5 Å².